The first kappa shape index (κ1) is 14.6. The number of hydrogen-bond donors (Lipinski definition) is 1. The van der Waals surface area contributed by atoms with E-state index in [2.05, 4.69) is 15.9 Å². The van der Waals surface area contributed by atoms with E-state index in [-0.39, 0.29) is 11.1 Å². The van der Waals surface area contributed by atoms with E-state index in [9.17, 15) is 18.0 Å². The van der Waals surface area contributed by atoms with Crippen LogP contribution in [0.3, 0.4) is 0 Å². The van der Waals surface area contributed by atoms with Crippen molar-refractivity contribution in [2.24, 2.45) is 0 Å². The highest BCUT2D eigenvalue weighted by Gasteiger charge is 2.35. The van der Waals surface area contributed by atoms with Gasteiger partial charge in [-0.05, 0) is 40.2 Å². The highest BCUT2D eigenvalue weighted by atomic mass is 79.9. The molecule has 0 heterocycles. The number of carbonyl (C=O) groups is 1. The Morgan fingerprint density at radius 2 is 1.70 bits per heavy atom. The Balaban J connectivity index is 2.55. The van der Waals surface area contributed by atoms with E-state index in [1.54, 1.807) is 0 Å². The predicted octanol–water partition coefficient (Wildman–Crippen LogP) is 4.28. The number of alkyl halides is 3. The number of nitrogens with two attached hydrogens (primary N) is 1. The molecule has 0 aliphatic carbocycles. The van der Waals surface area contributed by atoms with Gasteiger partial charge >= 0.3 is 6.18 Å². The third-order valence-electron chi connectivity index (χ3n) is 2.71. The second-order valence-electron chi connectivity index (χ2n) is 4.11. The van der Waals surface area contributed by atoms with Gasteiger partial charge < -0.3 is 5.73 Å². The molecule has 0 amide bonds. The molecule has 2 aromatic rings. The summed E-state index contributed by atoms with van der Waals surface area (Å²) >= 11 is 3.14. The molecule has 2 aromatic carbocycles. The van der Waals surface area contributed by atoms with Crippen molar-refractivity contribution in [3.63, 3.8) is 0 Å². The average molecular weight is 344 g/mol. The van der Waals surface area contributed by atoms with Crippen LogP contribution in [0.15, 0.2) is 46.9 Å². The van der Waals surface area contributed by atoms with Gasteiger partial charge in [0.05, 0.1) is 5.56 Å². The molecule has 0 unspecified atom stereocenters. The van der Waals surface area contributed by atoms with Crippen LogP contribution in [0.4, 0.5) is 18.9 Å². The van der Waals surface area contributed by atoms with Crippen LogP contribution in [0, 0.1) is 0 Å². The molecule has 0 aromatic heterocycles. The minimum absolute atomic E-state index is 0.135. The Hall–Kier alpha value is -1.82. The number of benzene rings is 2. The van der Waals surface area contributed by atoms with Crippen molar-refractivity contribution in [2.75, 3.05) is 5.73 Å². The van der Waals surface area contributed by atoms with Crippen LogP contribution < -0.4 is 5.73 Å². The molecule has 104 valence electrons. The maximum atomic E-state index is 12.9. The molecular formula is C14H9BrF3NO. The first-order chi connectivity index (χ1) is 9.30. The summed E-state index contributed by atoms with van der Waals surface area (Å²) in [5.41, 5.74) is 4.76. The SMILES string of the molecule is Nc1ccc(C(=O)c2ccccc2C(F)(F)F)c(Br)c1. The van der Waals surface area contributed by atoms with E-state index >= 15 is 0 Å². The van der Waals surface area contributed by atoms with Gasteiger partial charge in [-0.3, -0.25) is 4.79 Å². The van der Waals surface area contributed by atoms with Crippen molar-refractivity contribution in [3.05, 3.63) is 63.6 Å². The van der Waals surface area contributed by atoms with Gasteiger partial charge in [0.25, 0.3) is 0 Å². The molecule has 6 heteroatoms. The maximum absolute atomic E-state index is 12.9. The summed E-state index contributed by atoms with van der Waals surface area (Å²) in [6, 6.07) is 9.03. The lowest BCUT2D eigenvalue weighted by atomic mass is 9.98. The Labute approximate surface area is 121 Å². The first-order valence-corrected chi connectivity index (χ1v) is 6.36. The topological polar surface area (TPSA) is 43.1 Å². The molecule has 0 fully saturated rings. The van der Waals surface area contributed by atoms with E-state index in [1.807, 2.05) is 0 Å². The fourth-order valence-corrected chi connectivity index (χ4v) is 2.37. The number of carbonyl (C=O) groups excluding carboxylic acids is 1. The molecule has 0 saturated carbocycles. The van der Waals surface area contributed by atoms with Crippen molar-refractivity contribution < 1.29 is 18.0 Å². The van der Waals surface area contributed by atoms with Gasteiger partial charge in [-0.25, -0.2) is 0 Å². The van der Waals surface area contributed by atoms with Crippen LogP contribution in [0.2, 0.25) is 0 Å². The lowest BCUT2D eigenvalue weighted by Crippen LogP contribution is -2.14. The fraction of sp³-hybridized carbons (Fsp3) is 0.0714. The number of anilines is 1. The largest absolute Gasteiger partial charge is 0.417 e. The molecule has 2 nitrogen and oxygen atoms in total. The van der Waals surface area contributed by atoms with Crippen LogP contribution in [0.1, 0.15) is 21.5 Å². The summed E-state index contributed by atoms with van der Waals surface area (Å²) in [6.45, 7) is 0. The van der Waals surface area contributed by atoms with Crippen LogP contribution in [-0.4, -0.2) is 5.78 Å². The second-order valence-corrected chi connectivity index (χ2v) is 4.97. The minimum atomic E-state index is -4.58. The average Bonchev–Trinajstić information content (AvgIpc) is 2.37. The quantitative estimate of drug-likeness (QED) is 0.653. The van der Waals surface area contributed by atoms with Crippen LogP contribution in [-0.2, 0) is 6.18 Å². The standard InChI is InChI=1S/C14H9BrF3NO/c15-12-7-8(19)5-6-10(12)13(20)9-3-1-2-4-11(9)14(16,17)18/h1-7H,19H2. The van der Waals surface area contributed by atoms with Gasteiger partial charge in [0.1, 0.15) is 0 Å². The molecule has 2 rings (SSSR count). The third kappa shape index (κ3) is 2.85. The van der Waals surface area contributed by atoms with Crippen molar-refractivity contribution in [1.82, 2.24) is 0 Å². The Kier molecular flexibility index (Phi) is 3.85. The molecule has 0 saturated heterocycles. The summed E-state index contributed by atoms with van der Waals surface area (Å²) in [5, 5.41) is 0. The van der Waals surface area contributed by atoms with Crippen molar-refractivity contribution in [1.29, 1.82) is 0 Å². The highest BCUT2D eigenvalue weighted by molar-refractivity contribution is 9.10. The van der Waals surface area contributed by atoms with Gasteiger partial charge in [0.2, 0.25) is 0 Å². The van der Waals surface area contributed by atoms with E-state index in [4.69, 9.17) is 5.73 Å². The van der Waals surface area contributed by atoms with E-state index in [1.165, 1.54) is 30.3 Å². The summed E-state index contributed by atoms with van der Waals surface area (Å²) in [7, 11) is 0. The molecular weight excluding hydrogens is 335 g/mol. The van der Waals surface area contributed by atoms with E-state index in [0.29, 0.717) is 10.2 Å². The molecule has 0 bridgehead atoms. The van der Waals surface area contributed by atoms with Crippen molar-refractivity contribution in [2.45, 2.75) is 6.18 Å². The van der Waals surface area contributed by atoms with Crippen LogP contribution in [0.25, 0.3) is 0 Å². The van der Waals surface area contributed by atoms with E-state index < -0.39 is 17.5 Å². The molecule has 0 aliphatic rings. The fourth-order valence-electron chi connectivity index (χ4n) is 1.79. The highest BCUT2D eigenvalue weighted by Crippen LogP contribution is 2.33. The van der Waals surface area contributed by atoms with Crippen LogP contribution >= 0.6 is 15.9 Å². The van der Waals surface area contributed by atoms with E-state index in [0.717, 1.165) is 12.1 Å². The molecule has 0 atom stereocenters. The lowest BCUT2D eigenvalue weighted by molar-refractivity contribution is -0.137. The normalized spacial score (nSPS) is 11.4. The summed E-state index contributed by atoms with van der Waals surface area (Å²) in [5.74, 6) is -0.704. The first-order valence-electron chi connectivity index (χ1n) is 5.56. The van der Waals surface area contributed by atoms with Gasteiger partial charge in [-0.15, -0.1) is 0 Å². The summed E-state index contributed by atoms with van der Waals surface area (Å²) in [4.78, 5) is 12.3. The predicted molar refractivity (Wildman–Crippen MR) is 73.4 cm³/mol. The number of nitrogen functional groups attached to an aromatic ring is 1. The zero-order valence-electron chi connectivity index (χ0n) is 10.0. The zero-order valence-corrected chi connectivity index (χ0v) is 11.6. The Bertz CT molecular complexity index is 668. The molecule has 0 spiro atoms. The zero-order chi connectivity index (χ0) is 14.9. The number of halogens is 4. The van der Waals surface area contributed by atoms with Crippen molar-refractivity contribution >= 4 is 27.4 Å². The molecule has 0 aliphatic heterocycles. The van der Waals surface area contributed by atoms with Crippen LogP contribution in [0.5, 0.6) is 0 Å². The van der Waals surface area contributed by atoms with Gasteiger partial charge in [0.15, 0.2) is 5.78 Å². The van der Waals surface area contributed by atoms with Gasteiger partial charge in [-0.1, -0.05) is 18.2 Å². The number of ketones is 1. The van der Waals surface area contributed by atoms with Gasteiger partial charge in [0, 0.05) is 21.3 Å². The molecule has 2 N–H and O–H groups in total. The molecule has 0 radical (unpaired) electrons. The smallest absolute Gasteiger partial charge is 0.399 e. The third-order valence-corrected chi connectivity index (χ3v) is 3.37. The van der Waals surface area contributed by atoms with Crippen molar-refractivity contribution in [3.8, 4) is 0 Å². The number of hydrogen-bond acceptors (Lipinski definition) is 2. The Morgan fingerprint density at radius 3 is 2.30 bits per heavy atom. The maximum Gasteiger partial charge on any atom is 0.417 e. The minimum Gasteiger partial charge on any atom is -0.399 e. The number of rotatable bonds is 2. The Morgan fingerprint density at radius 1 is 1.05 bits per heavy atom. The van der Waals surface area contributed by atoms with Gasteiger partial charge in [-0.2, -0.15) is 13.2 Å². The summed E-state index contributed by atoms with van der Waals surface area (Å²) in [6.07, 6.45) is -4.58. The second kappa shape index (κ2) is 5.28. The molecule has 20 heavy (non-hydrogen) atoms. The summed E-state index contributed by atoms with van der Waals surface area (Å²) < 4.78 is 39.1. The monoisotopic (exact) mass is 343 g/mol. The lowest BCUT2D eigenvalue weighted by Gasteiger charge is -2.12.